The van der Waals surface area contributed by atoms with E-state index in [4.69, 9.17) is 5.73 Å². The van der Waals surface area contributed by atoms with Crippen molar-refractivity contribution in [2.24, 2.45) is 5.73 Å². The molecule has 1 aromatic heterocycles. The molecule has 5 heteroatoms. The van der Waals surface area contributed by atoms with Crippen molar-refractivity contribution in [2.45, 2.75) is 0 Å². The minimum atomic E-state index is -0.616. The maximum absolute atomic E-state index is 10.8. The lowest BCUT2D eigenvalue weighted by Crippen LogP contribution is -2.14. The van der Waals surface area contributed by atoms with Crippen molar-refractivity contribution in [1.82, 2.24) is 9.97 Å². The van der Waals surface area contributed by atoms with Crippen LogP contribution in [0.25, 0.3) is 10.9 Å². The quantitative estimate of drug-likeness (QED) is 0.835. The van der Waals surface area contributed by atoms with E-state index in [9.17, 15) is 4.79 Å². The molecule has 1 aromatic carbocycles. The number of benzene rings is 1. The first kappa shape index (κ1) is 9.08. The predicted octanol–water partition coefficient (Wildman–Crippen LogP) is 1.49. The number of carbonyl (C=O) groups excluding carboxylic acids is 1. The van der Waals surface area contributed by atoms with Gasteiger partial charge >= 0.3 is 0 Å². The van der Waals surface area contributed by atoms with Crippen molar-refractivity contribution >= 4 is 32.7 Å². The highest BCUT2D eigenvalue weighted by atomic mass is 79.9. The maximum Gasteiger partial charge on any atom is 0.286 e. The number of hydrogen-bond donors (Lipinski definition) is 1. The van der Waals surface area contributed by atoms with E-state index in [-0.39, 0.29) is 5.82 Å². The van der Waals surface area contributed by atoms with Gasteiger partial charge in [-0.05, 0) is 18.2 Å². The Balaban J connectivity index is 2.67. The van der Waals surface area contributed by atoms with E-state index >= 15 is 0 Å². The van der Waals surface area contributed by atoms with Crippen LogP contribution in [-0.4, -0.2) is 15.9 Å². The predicted molar refractivity (Wildman–Crippen MR) is 55.8 cm³/mol. The van der Waals surface area contributed by atoms with Gasteiger partial charge in [-0.25, -0.2) is 9.97 Å². The summed E-state index contributed by atoms with van der Waals surface area (Å²) in [7, 11) is 0. The highest BCUT2D eigenvalue weighted by Crippen LogP contribution is 2.17. The van der Waals surface area contributed by atoms with Crippen molar-refractivity contribution in [3.63, 3.8) is 0 Å². The van der Waals surface area contributed by atoms with Crippen LogP contribution in [0.3, 0.4) is 0 Å². The fourth-order valence-electron chi connectivity index (χ4n) is 1.12. The van der Waals surface area contributed by atoms with Gasteiger partial charge in [0.25, 0.3) is 5.91 Å². The molecular weight excluding hydrogens is 246 g/mol. The SMILES string of the molecule is NC(=O)c1ncc2cc(Br)ccc2n1. The third-order valence-electron chi connectivity index (χ3n) is 1.76. The second-order valence-electron chi connectivity index (χ2n) is 2.76. The van der Waals surface area contributed by atoms with Gasteiger partial charge in [0.05, 0.1) is 5.52 Å². The van der Waals surface area contributed by atoms with Crippen LogP contribution in [-0.2, 0) is 0 Å². The van der Waals surface area contributed by atoms with Crippen LogP contribution >= 0.6 is 15.9 Å². The molecule has 14 heavy (non-hydrogen) atoms. The molecule has 4 nitrogen and oxygen atoms in total. The van der Waals surface area contributed by atoms with Crippen molar-refractivity contribution in [1.29, 1.82) is 0 Å². The Morgan fingerprint density at radius 2 is 2.21 bits per heavy atom. The molecule has 1 amide bonds. The van der Waals surface area contributed by atoms with E-state index in [1.54, 1.807) is 12.3 Å². The Morgan fingerprint density at radius 3 is 2.93 bits per heavy atom. The number of carbonyl (C=O) groups is 1. The molecule has 2 aromatic rings. The van der Waals surface area contributed by atoms with E-state index in [0.717, 1.165) is 9.86 Å². The molecular formula is C9H6BrN3O. The average molecular weight is 252 g/mol. The first-order valence-electron chi connectivity index (χ1n) is 3.89. The number of primary amides is 1. The number of nitrogens with zero attached hydrogens (tertiary/aromatic N) is 2. The monoisotopic (exact) mass is 251 g/mol. The summed E-state index contributed by atoms with van der Waals surface area (Å²) in [6, 6.07) is 5.52. The standard InChI is InChI=1S/C9H6BrN3O/c10-6-1-2-7-5(3-6)4-12-9(13-7)8(11)14/h1-4H,(H2,11,14). The normalized spacial score (nSPS) is 10.4. The molecule has 0 saturated carbocycles. The third-order valence-corrected chi connectivity index (χ3v) is 2.26. The van der Waals surface area contributed by atoms with Gasteiger partial charge in [0.15, 0.2) is 0 Å². The van der Waals surface area contributed by atoms with Crippen LogP contribution in [0, 0.1) is 0 Å². The molecule has 0 aliphatic rings. The average Bonchev–Trinajstić information content (AvgIpc) is 2.16. The Hall–Kier alpha value is -1.49. The van der Waals surface area contributed by atoms with Gasteiger partial charge in [-0.15, -0.1) is 0 Å². The zero-order valence-corrected chi connectivity index (χ0v) is 8.65. The van der Waals surface area contributed by atoms with Crippen LogP contribution in [0.2, 0.25) is 0 Å². The Bertz CT molecular complexity index is 512. The number of nitrogens with two attached hydrogens (primary N) is 1. The van der Waals surface area contributed by atoms with Gasteiger partial charge < -0.3 is 5.73 Å². The molecule has 0 atom stereocenters. The number of rotatable bonds is 1. The summed E-state index contributed by atoms with van der Waals surface area (Å²) >= 11 is 3.33. The van der Waals surface area contributed by atoms with Gasteiger partial charge in [0.1, 0.15) is 0 Å². The first-order chi connectivity index (χ1) is 6.66. The van der Waals surface area contributed by atoms with Crippen LogP contribution in [0.5, 0.6) is 0 Å². The van der Waals surface area contributed by atoms with E-state index in [0.29, 0.717) is 5.52 Å². The minimum absolute atomic E-state index is 0.0415. The number of fused-ring (bicyclic) bond motifs is 1. The summed E-state index contributed by atoms with van der Waals surface area (Å²) in [6.45, 7) is 0. The summed E-state index contributed by atoms with van der Waals surface area (Å²) in [6.07, 6.45) is 1.58. The first-order valence-corrected chi connectivity index (χ1v) is 4.68. The molecule has 2 rings (SSSR count). The fraction of sp³-hybridized carbons (Fsp3) is 0. The molecule has 70 valence electrons. The molecule has 0 saturated heterocycles. The molecule has 0 spiro atoms. The van der Waals surface area contributed by atoms with Crippen molar-refractivity contribution in [3.8, 4) is 0 Å². The van der Waals surface area contributed by atoms with Crippen molar-refractivity contribution in [3.05, 3.63) is 34.7 Å². The zero-order chi connectivity index (χ0) is 10.1. The molecule has 0 aliphatic heterocycles. The zero-order valence-electron chi connectivity index (χ0n) is 7.07. The number of aromatic nitrogens is 2. The molecule has 0 fully saturated rings. The minimum Gasteiger partial charge on any atom is -0.363 e. The Morgan fingerprint density at radius 1 is 1.43 bits per heavy atom. The van der Waals surface area contributed by atoms with E-state index in [1.807, 2.05) is 12.1 Å². The summed E-state index contributed by atoms with van der Waals surface area (Å²) < 4.78 is 0.945. The lowest BCUT2D eigenvalue weighted by molar-refractivity contribution is 0.0991. The molecule has 0 bridgehead atoms. The van der Waals surface area contributed by atoms with Crippen molar-refractivity contribution < 1.29 is 4.79 Å². The summed E-state index contributed by atoms with van der Waals surface area (Å²) in [4.78, 5) is 18.6. The van der Waals surface area contributed by atoms with Gasteiger partial charge in [0, 0.05) is 16.1 Å². The molecule has 2 N–H and O–H groups in total. The Labute approximate surface area is 88.3 Å². The largest absolute Gasteiger partial charge is 0.363 e. The van der Waals surface area contributed by atoms with E-state index in [2.05, 4.69) is 25.9 Å². The maximum atomic E-state index is 10.8. The summed E-state index contributed by atoms with van der Waals surface area (Å²) in [5.74, 6) is -0.574. The van der Waals surface area contributed by atoms with Gasteiger partial charge in [-0.2, -0.15) is 0 Å². The number of amides is 1. The molecule has 1 heterocycles. The van der Waals surface area contributed by atoms with Gasteiger partial charge in [0.2, 0.25) is 5.82 Å². The van der Waals surface area contributed by atoms with Crippen molar-refractivity contribution in [2.75, 3.05) is 0 Å². The second kappa shape index (κ2) is 3.34. The lowest BCUT2D eigenvalue weighted by atomic mass is 10.2. The van der Waals surface area contributed by atoms with E-state index < -0.39 is 5.91 Å². The lowest BCUT2D eigenvalue weighted by Gasteiger charge is -1.98. The third kappa shape index (κ3) is 1.58. The number of hydrogen-bond acceptors (Lipinski definition) is 3. The Kier molecular flexibility index (Phi) is 2.17. The van der Waals surface area contributed by atoms with Crippen LogP contribution in [0.4, 0.5) is 0 Å². The highest BCUT2D eigenvalue weighted by Gasteiger charge is 2.04. The smallest absolute Gasteiger partial charge is 0.286 e. The summed E-state index contributed by atoms with van der Waals surface area (Å²) in [5, 5.41) is 0.865. The topological polar surface area (TPSA) is 68.9 Å². The van der Waals surface area contributed by atoms with Gasteiger partial charge in [-0.3, -0.25) is 4.79 Å². The van der Waals surface area contributed by atoms with Crippen LogP contribution in [0.15, 0.2) is 28.9 Å². The van der Waals surface area contributed by atoms with Gasteiger partial charge in [-0.1, -0.05) is 15.9 Å². The molecule has 0 unspecified atom stereocenters. The van der Waals surface area contributed by atoms with Crippen LogP contribution < -0.4 is 5.73 Å². The fourth-order valence-corrected chi connectivity index (χ4v) is 1.50. The van der Waals surface area contributed by atoms with E-state index in [1.165, 1.54) is 0 Å². The highest BCUT2D eigenvalue weighted by molar-refractivity contribution is 9.10. The second-order valence-corrected chi connectivity index (χ2v) is 3.68. The van der Waals surface area contributed by atoms with Crippen LogP contribution in [0.1, 0.15) is 10.6 Å². The summed E-state index contributed by atoms with van der Waals surface area (Å²) in [5.41, 5.74) is 5.77. The number of halogens is 1. The molecule has 0 aliphatic carbocycles. The molecule has 0 radical (unpaired) electrons.